The first-order valence-electron chi connectivity index (χ1n) is 10.8. The Bertz CT molecular complexity index is 1370. The number of aliphatic hydroxyl groups excluding tert-OH is 1. The highest BCUT2D eigenvalue weighted by atomic mass is 35.5. The van der Waals surface area contributed by atoms with Gasteiger partial charge in [0.1, 0.15) is 23.3 Å². The molecule has 10 heteroatoms. The molecule has 0 spiro atoms. The molecule has 1 atom stereocenters. The molecule has 1 aliphatic heterocycles. The molecule has 0 aliphatic carbocycles. The molecule has 36 heavy (non-hydrogen) atoms. The van der Waals surface area contributed by atoms with Crippen molar-refractivity contribution in [3.63, 3.8) is 0 Å². The summed E-state index contributed by atoms with van der Waals surface area (Å²) in [6.45, 7) is 1.38. The molecule has 9 nitrogen and oxygen atoms in total. The predicted molar refractivity (Wildman–Crippen MR) is 134 cm³/mol. The van der Waals surface area contributed by atoms with Gasteiger partial charge in [-0.1, -0.05) is 17.7 Å². The van der Waals surface area contributed by atoms with E-state index in [1.165, 1.54) is 44.4 Å². The maximum atomic E-state index is 13.3. The molecule has 3 aromatic rings. The number of ether oxygens (including phenoxy) is 2. The normalized spacial score (nSPS) is 16.7. The van der Waals surface area contributed by atoms with E-state index in [0.29, 0.717) is 17.1 Å². The number of nitrogens with one attached hydrogen (secondary N) is 1. The van der Waals surface area contributed by atoms with Gasteiger partial charge in [-0.2, -0.15) is 0 Å². The van der Waals surface area contributed by atoms with Crippen LogP contribution in [-0.2, 0) is 14.4 Å². The van der Waals surface area contributed by atoms with Gasteiger partial charge in [0.05, 0.1) is 36.1 Å². The molecule has 1 unspecified atom stereocenters. The molecule has 2 aromatic carbocycles. The lowest BCUT2D eigenvalue weighted by Crippen LogP contribution is -2.29. The summed E-state index contributed by atoms with van der Waals surface area (Å²) in [6.07, 6.45) is 1.53. The van der Waals surface area contributed by atoms with E-state index in [0.717, 1.165) is 0 Å². The number of carbonyl (C=O) groups excluding carboxylic acids is 3. The van der Waals surface area contributed by atoms with Gasteiger partial charge in [-0.15, -0.1) is 0 Å². The summed E-state index contributed by atoms with van der Waals surface area (Å²) in [7, 11) is 2.80. The van der Waals surface area contributed by atoms with E-state index in [4.69, 9.17) is 21.1 Å². The Hall–Kier alpha value is -4.37. The van der Waals surface area contributed by atoms with Crippen molar-refractivity contribution in [2.45, 2.75) is 13.0 Å². The molecule has 4 rings (SSSR count). The number of aromatic nitrogens is 1. The number of aliphatic hydroxyl groups is 1. The maximum absolute atomic E-state index is 13.3. The number of hydrogen-bond acceptors (Lipinski definition) is 7. The number of pyridine rings is 1. The minimum Gasteiger partial charge on any atom is -0.507 e. The van der Waals surface area contributed by atoms with E-state index in [1.54, 1.807) is 42.5 Å². The number of ketones is 1. The minimum absolute atomic E-state index is 0.124. The van der Waals surface area contributed by atoms with Crippen molar-refractivity contribution in [3.8, 4) is 11.5 Å². The summed E-state index contributed by atoms with van der Waals surface area (Å²) < 4.78 is 10.6. The molecule has 2 N–H and O–H groups in total. The number of amides is 2. The van der Waals surface area contributed by atoms with Crippen LogP contribution in [0.1, 0.15) is 24.2 Å². The number of benzene rings is 2. The van der Waals surface area contributed by atoms with Crippen LogP contribution in [0, 0.1) is 0 Å². The average Bonchev–Trinajstić information content (AvgIpc) is 3.14. The Kier molecular flexibility index (Phi) is 6.93. The summed E-state index contributed by atoms with van der Waals surface area (Å²) in [5.74, 6) is -2.03. The molecular weight excluding hydrogens is 486 g/mol. The van der Waals surface area contributed by atoms with Crippen LogP contribution >= 0.6 is 11.6 Å². The molecule has 0 saturated carbocycles. The summed E-state index contributed by atoms with van der Waals surface area (Å²) in [4.78, 5) is 43.6. The number of carbonyl (C=O) groups is 3. The van der Waals surface area contributed by atoms with Crippen molar-refractivity contribution in [2.24, 2.45) is 0 Å². The van der Waals surface area contributed by atoms with Crippen LogP contribution in [0.2, 0.25) is 5.02 Å². The van der Waals surface area contributed by atoms with Crippen LogP contribution in [0.3, 0.4) is 0 Å². The van der Waals surface area contributed by atoms with E-state index in [2.05, 4.69) is 10.3 Å². The molecule has 0 bridgehead atoms. The van der Waals surface area contributed by atoms with Gasteiger partial charge in [-0.05, 0) is 42.5 Å². The second-order valence-corrected chi connectivity index (χ2v) is 8.25. The molecule has 2 amide bonds. The van der Waals surface area contributed by atoms with Crippen LogP contribution in [0.4, 0.5) is 11.4 Å². The number of nitrogens with zero attached hydrogens (tertiary/aromatic N) is 2. The third-order valence-corrected chi connectivity index (χ3v) is 5.90. The number of halogens is 1. The second-order valence-electron chi connectivity index (χ2n) is 7.84. The van der Waals surface area contributed by atoms with E-state index in [-0.39, 0.29) is 33.6 Å². The standard InChI is InChI=1S/C26H22ClN3O6/c1-14(31)29-15-7-9-16(10-8-15)30-23(19-6-4-5-11-28-19)22(25(33)26(30)34)24(32)17-12-21(36-3)18(27)13-20(17)35-2/h4-13,23,32H,1-3H3,(H,29,31)/b24-22+. The van der Waals surface area contributed by atoms with E-state index >= 15 is 0 Å². The highest BCUT2D eigenvalue weighted by Crippen LogP contribution is 2.44. The van der Waals surface area contributed by atoms with Gasteiger partial charge in [0.15, 0.2) is 0 Å². The first kappa shape index (κ1) is 24.7. The van der Waals surface area contributed by atoms with Gasteiger partial charge in [-0.25, -0.2) is 0 Å². The molecule has 0 radical (unpaired) electrons. The predicted octanol–water partition coefficient (Wildman–Crippen LogP) is 4.34. The van der Waals surface area contributed by atoms with Gasteiger partial charge in [0, 0.05) is 30.6 Å². The van der Waals surface area contributed by atoms with Crippen molar-refractivity contribution < 1.29 is 29.0 Å². The molecule has 1 aromatic heterocycles. The van der Waals surface area contributed by atoms with Crippen LogP contribution in [-0.4, -0.2) is 41.9 Å². The highest BCUT2D eigenvalue weighted by molar-refractivity contribution is 6.51. The number of Topliss-reactive ketones (excluding diaryl/α,β-unsaturated/α-hetero) is 1. The van der Waals surface area contributed by atoms with Gasteiger partial charge in [-0.3, -0.25) is 24.3 Å². The number of hydrogen-bond donors (Lipinski definition) is 2. The number of methoxy groups -OCH3 is 2. The molecular formula is C26H22ClN3O6. The summed E-state index contributed by atoms with van der Waals surface area (Å²) in [5.41, 5.74) is 1.21. The van der Waals surface area contributed by atoms with Gasteiger partial charge in [0.2, 0.25) is 5.91 Å². The maximum Gasteiger partial charge on any atom is 0.300 e. The Labute approximate surface area is 211 Å². The topological polar surface area (TPSA) is 118 Å². The van der Waals surface area contributed by atoms with Crippen molar-refractivity contribution in [1.82, 2.24) is 4.98 Å². The number of anilines is 2. The molecule has 1 aliphatic rings. The largest absolute Gasteiger partial charge is 0.507 e. The zero-order chi connectivity index (χ0) is 26.0. The third kappa shape index (κ3) is 4.48. The zero-order valence-corrected chi connectivity index (χ0v) is 20.4. The van der Waals surface area contributed by atoms with Crippen LogP contribution in [0.15, 0.2) is 66.4 Å². The van der Waals surface area contributed by atoms with Crippen molar-refractivity contribution in [1.29, 1.82) is 0 Å². The average molecular weight is 508 g/mol. The van der Waals surface area contributed by atoms with Gasteiger partial charge >= 0.3 is 0 Å². The first-order valence-corrected chi connectivity index (χ1v) is 11.2. The molecule has 1 fully saturated rings. The van der Waals surface area contributed by atoms with Gasteiger partial charge in [0.25, 0.3) is 11.7 Å². The Morgan fingerprint density at radius 1 is 1.06 bits per heavy atom. The fourth-order valence-corrected chi connectivity index (χ4v) is 4.25. The summed E-state index contributed by atoms with van der Waals surface area (Å²) in [6, 6.07) is 13.3. The number of rotatable bonds is 6. The lowest BCUT2D eigenvalue weighted by molar-refractivity contribution is -0.132. The zero-order valence-electron chi connectivity index (χ0n) is 19.6. The summed E-state index contributed by atoms with van der Waals surface area (Å²) >= 11 is 6.20. The quantitative estimate of drug-likeness (QED) is 0.289. The van der Waals surface area contributed by atoms with E-state index in [9.17, 15) is 19.5 Å². The molecule has 2 heterocycles. The van der Waals surface area contributed by atoms with Crippen molar-refractivity contribution >= 4 is 46.3 Å². The highest BCUT2D eigenvalue weighted by Gasteiger charge is 2.48. The first-order chi connectivity index (χ1) is 17.3. The molecule has 1 saturated heterocycles. The fraction of sp³-hybridized carbons (Fsp3) is 0.154. The van der Waals surface area contributed by atoms with Crippen LogP contribution in [0.5, 0.6) is 11.5 Å². The SMILES string of the molecule is COc1cc(/C(O)=C2\C(=O)C(=O)N(c3ccc(NC(C)=O)cc3)C2c2ccccn2)c(OC)cc1Cl. The Morgan fingerprint density at radius 3 is 2.33 bits per heavy atom. The van der Waals surface area contributed by atoms with Crippen LogP contribution < -0.4 is 19.7 Å². The lowest BCUT2D eigenvalue weighted by Gasteiger charge is -2.25. The van der Waals surface area contributed by atoms with Gasteiger partial charge < -0.3 is 19.9 Å². The Balaban J connectivity index is 1.92. The monoisotopic (exact) mass is 507 g/mol. The fourth-order valence-electron chi connectivity index (χ4n) is 4.02. The van der Waals surface area contributed by atoms with Crippen LogP contribution in [0.25, 0.3) is 5.76 Å². The smallest absolute Gasteiger partial charge is 0.300 e. The second kappa shape index (κ2) is 10.1. The van der Waals surface area contributed by atoms with Crippen molar-refractivity contribution in [3.05, 3.63) is 82.6 Å². The molecule has 184 valence electrons. The van der Waals surface area contributed by atoms with E-state index in [1.807, 2.05) is 0 Å². The summed E-state index contributed by atoms with van der Waals surface area (Å²) in [5, 5.41) is 14.3. The lowest BCUT2D eigenvalue weighted by atomic mass is 9.97. The Morgan fingerprint density at radius 2 is 1.75 bits per heavy atom. The van der Waals surface area contributed by atoms with E-state index < -0.39 is 23.5 Å². The minimum atomic E-state index is -1.04. The van der Waals surface area contributed by atoms with Crippen molar-refractivity contribution in [2.75, 3.05) is 24.4 Å². The third-order valence-electron chi connectivity index (χ3n) is 5.61.